The molecule has 1 unspecified atom stereocenters. The molecule has 3 nitrogen and oxygen atoms in total. The van der Waals surface area contributed by atoms with Crippen LogP contribution in [0.25, 0.3) is 0 Å². The number of hydrogen-bond donors (Lipinski definition) is 1. The summed E-state index contributed by atoms with van der Waals surface area (Å²) in [7, 11) is 0. The lowest BCUT2D eigenvalue weighted by Gasteiger charge is -2.34. The van der Waals surface area contributed by atoms with Crippen molar-refractivity contribution < 1.29 is 4.79 Å². The van der Waals surface area contributed by atoms with Crippen molar-refractivity contribution in [3.8, 4) is 0 Å². The summed E-state index contributed by atoms with van der Waals surface area (Å²) in [6.07, 6.45) is 2.17. The Bertz CT molecular complexity index is 461. The molecule has 1 amide bonds. The van der Waals surface area contributed by atoms with Crippen molar-refractivity contribution in [2.24, 2.45) is 0 Å². The van der Waals surface area contributed by atoms with E-state index in [2.05, 4.69) is 21.2 Å². The van der Waals surface area contributed by atoms with Crippen molar-refractivity contribution in [1.29, 1.82) is 0 Å². The van der Waals surface area contributed by atoms with Crippen LogP contribution >= 0.6 is 27.5 Å². The molecule has 1 aliphatic rings. The number of likely N-dealkylation sites (N-methyl/N-ethyl adjacent to an activating group) is 1. The predicted octanol–water partition coefficient (Wildman–Crippen LogP) is 3.32. The minimum atomic E-state index is 0.0219. The molecule has 1 aromatic carbocycles. The van der Waals surface area contributed by atoms with Crippen LogP contribution in [0.2, 0.25) is 5.02 Å². The molecule has 2 rings (SSSR count). The van der Waals surface area contributed by atoms with E-state index in [0.29, 0.717) is 17.1 Å². The van der Waals surface area contributed by atoms with Gasteiger partial charge in [-0.05, 0) is 44.5 Å². The highest BCUT2D eigenvalue weighted by Gasteiger charge is 2.26. The molecule has 1 aromatic rings. The Morgan fingerprint density at radius 3 is 2.95 bits per heavy atom. The third-order valence-electron chi connectivity index (χ3n) is 3.47. The zero-order valence-corrected chi connectivity index (χ0v) is 13.3. The summed E-state index contributed by atoms with van der Waals surface area (Å²) in [6, 6.07) is 5.67. The maximum absolute atomic E-state index is 12.6. The van der Waals surface area contributed by atoms with Crippen LogP contribution in [0.15, 0.2) is 22.7 Å². The van der Waals surface area contributed by atoms with Crippen LogP contribution in [-0.2, 0) is 0 Å². The maximum Gasteiger partial charge on any atom is 0.255 e. The average Bonchev–Trinajstić information content (AvgIpc) is 2.40. The van der Waals surface area contributed by atoms with E-state index in [1.807, 2.05) is 17.9 Å². The van der Waals surface area contributed by atoms with Gasteiger partial charge >= 0.3 is 0 Å². The fourth-order valence-corrected chi connectivity index (χ4v) is 3.24. The lowest BCUT2D eigenvalue weighted by atomic mass is 10.0. The normalized spacial score (nSPS) is 19.2. The second-order valence-corrected chi connectivity index (χ2v) is 6.04. The van der Waals surface area contributed by atoms with Gasteiger partial charge in [0.1, 0.15) is 0 Å². The monoisotopic (exact) mass is 344 g/mol. The largest absolute Gasteiger partial charge is 0.335 e. The van der Waals surface area contributed by atoms with Gasteiger partial charge in [0.15, 0.2) is 0 Å². The SMILES string of the molecule is CCN(C(=O)c1ccc(Br)cc1Cl)C1CCCNC1. The molecule has 19 heavy (non-hydrogen) atoms. The molecule has 1 heterocycles. The topological polar surface area (TPSA) is 32.3 Å². The molecule has 0 aliphatic carbocycles. The molecular weight excluding hydrogens is 328 g/mol. The Morgan fingerprint density at radius 2 is 2.37 bits per heavy atom. The Kier molecular flexibility index (Phi) is 5.25. The minimum Gasteiger partial charge on any atom is -0.335 e. The first-order valence-electron chi connectivity index (χ1n) is 6.60. The Balaban J connectivity index is 2.19. The van der Waals surface area contributed by atoms with Crippen LogP contribution in [0.3, 0.4) is 0 Å². The molecule has 1 aliphatic heterocycles. The summed E-state index contributed by atoms with van der Waals surface area (Å²) in [6.45, 7) is 4.63. The summed E-state index contributed by atoms with van der Waals surface area (Å²) in [5.41, 5.74) is 0.581. The fraction of sp³-hybridized carbons (Fsp3) is 0.500. The van der Waals surface area contributed by atoms with Gasteiger partial charge in [0.05, 0.1) is 10.6 Å². The standard InChI is InChI=1S/C14H18BrClN2O/c1-2-18(11-4-3-7-17-9-11)14(19)12-6-5-10(15)8-13(12)16/h5-6,8,11,17H,2-4,7,9H2,1H3. The van der Waals surface area contributed by atoms with Crippen molar-refractivity contribution in [1.82, 2.24) is 10.2 Å². The van der Waals surface area contributed by atoms with Crippen LogP contribution in [0, 0.1) is 0 Å². The quantitative estimate of drug-likeness (QED) is 0.911. The summed E-state index contributed by atoms with van der Waals surface area (Å²) < 4.78 is 0.886. The Labute approximate surface area is 127 Å². The molecule has 1 atom stereocenters. The van der Waals surface area contributed by atoms with Gasteiger partial charge < -0.3 is 10.2 Å². The van der Waals surface area contributed by atoms with Gasteiger partial charge in [0.25, 0.3) is 5.91 Å². The van der Waals surface area contributed by atoms with E-state index in [9.17, 15) is 4.79 Å². The maximum atomic E-state index is 12.6. The zero-order valence-electron chi connectivity index (χ0n) is 11.0. The third-order valence-corrected chi connectivity index (χ3v) is 4.28. The summed E-state index contributed by atoms with van der Waals surface area (Å²) in [5.74, 6) is 0.0219. The number of piperidine rings is 1. The van der Waals surface area contributed by atoms with E-state index in [1.54, 1.807) is 12.1 Å². The van der Waals surface area contributed by atoms with Crippen molar-refractivity contribution in [3.05, 3.63) is 33.3 Å². The molecule has 0 bridgehead atoms. The molecule has 104 valence electrons. The minimum absolute atomic E-state index is 0.0219. The molecule has 5 heteroatoms. The Hall–Kier alpha value is -0.580. The number of nitrogens with one attached hydrogen (secondary N) is 1. The molecule has 1 saturated heterocycles. The number of nitrogens with zero attached hydrogens (tertiary/aromatic N) is 1. The van der Waals surface area contributed by atoms with Gasteiger partial charge in [-0.25, -0.2) is 0 Å². The number of halogens is 2. The lowest BCUT2D eigenvalue weighted by molar-refractivity contribution is 0.0662. The van der Waals surface area contributed by atoms with Gasteiger partial charge in [0.2, 0.25) is 0 Å². The smallest absolute Gasteiger partial charge is 0.255 e. The van der Waals surface area contributed by atoms with Crippen LogP contribution in [0.4, 0.5) is 0 Å². The first kappa shape index (κ1) is 14.8. The molecule has 0 aromatic heterocycles. The summed E-state index contributed by atoms with van der Waals surface area (Å²) in [5, 5.41) is 3.85. The zero-order chi connectivity index (χ0) is 13.8. The van der Waals surface area contributed by atoms with Gasteiger partial charge in [-0.15, -0.1) is 0 Å². The molecular formula is C14H18BrClN2O. The van der Waals surface area contributed by atoms with Crippen molar-refractivity contribution >= 4 is 33.4 Å². The highest BCUT2D eigenvalue weighted by molar-refractivity contribution is 9.10. The number of benzene rings is 1. The van der Waals surface area contributed by atoms with Crippen molar-refractivity contribution in [3.63, 3.8) is 0 Å². The van der Waals surface area contributed by atoms with Crippen LogP contribution in [0.1, 0.15) is 30.1 Å². The number of rotatable bonds is 3. The summed E-state index contributed by atoms with van der Waals surface area (Å²) in [4.78, 5) is 14.5. The van der Waals surface area contributed by atoms with E-state index < -0.39 is 0 Å². The van der Waals surface area contributed by atoms with Gasteiger partial charge in [-0.3, -0.25) is 4.79 Å². The summed E-state index contributed by atoms with van der Waals surface area (Å²) >= 11 is 9.53. The van der Waals surface area contributed by atoms with E-state index in [1.165, 1.54) is 0 Å². The van der Waals surface area contributed by atoms with Crippen LogP contribution < -0.4 is 5.32 Å². The highest BCUT2D eigenvalue weighted by atomic mass is 79.9. The molecule has 0 spiro atoms. The van der Waals surface area contributed by atoms with E-state index in [4.69, 9.17) is 11.6 Å². The van der Waals surface area contributed by atoms with E-state index >= 15 is 0 Å². The first-order valence-corrected chi connectivity index (χ1v) is 7.77. The van der Waals surface area contributed by atoms with Crippen molar-refractivity contribution in [2.45, 2.75) is 25.8 Å². The molecule has 1 N–H and O–H groups in total. The number of hydrogen-bond acceptors (Lipinski definition) is 2. The molecule has 0 radical (unpaired) electrons. The fourth-order valence-electron chi connectivity index (χ4n) is 2.48. The Morgan fingerprint density at radius 1 is 1.58 bits per heavy atom. The van der Waals surface area contributed by atoms with E-state index in [0.717, 1.165) is 30.4 Å². The number of carbonyl (C=O) groups excluding carboxylic acids is 1. The van der Waals surface area contributed by atoms with Gasteiger partial charge in [0, 0.05) is 23.6 Å². The first-order chi connectivity index (χ1) is 9.13. The average molecular weight is 346 g/mol. The number of carbonyl (C=O) groups is 1. The van der Waals surface area contributed by atoms with Gasteiger partial charge in [-0.1, -0.05) is 27.5 Å². The van der Waals surface area contributed by atoms with Gasteiger partial charge in [-0.2, -0.15) is 0 Å². The molecule has 0 saturated carbocycles. The predicted molar refractivity (Wildman–Crippen MR) is 81.8 cm³/mol. The molecule has 1 fully saturated rings. The van der Waals surface area contributed by atoms with Crippen LogP contribution in [-0.4, -0.2) is 36.5 Å². The highest BCUT2D eigenvalue weighted by Crippen LogP contribution is 2.24. The third kappa shape index (κ3) is 3.50. The van der Waals surface area contributed by atoms with E-state index in [-0.39, 0.29) is 11.9 Å². The second kappa shape index (κ2) is 6.73. The van der Waals surface area contributed by atoms with Crippen molar-refractivity contribution in [2.75, 3.05) is 19.6 Å². The lowest BCUT2D eigenvalue weighted by Crippen LogP contribution is -2.48. The number of amides is 1. The second-order valence-electron chi connectivity index (χ2n) is 4.72. The van der Waals surface area contributed by atoms with Crippen LogP contribution in [0.5, 0.6) is 0 Å².